The molecule has 9 nitrogen and oxygen atoms in total. The molecule has 164 valence electrons. The number of halogens is 3. The van der Waals surface area contributed by atoms with Crippen LogP contribution in [0.1, 0.15) is 18.2 Å². The van der Waals surface area contributed by atoms with Gasteiger partial charge in [-0.25, -0.2) is 0 Å². The maximum Gasteiger partial charge on any atom is 0.418 e. The highest BCUT2D eigenvalue weighted by Crippen LogP contribution is 2.37. The van der Waals surface area contributed by atoms with Gasteiger partial charge >= 0.3 is 6.18 Å². The Labute approximate surface area is 177 Å². The van der Waals surface area contributed by atoms with Crippen molar-refractivity contribution in [2.24, 2.45) is 7.05 Å². The third-order valence-electron chi connectivity index (χ3n) is 4.36. The number of nitrogens with zero attached hydrogens (tertiary/aromatic N) is 4. The average Bonchev–Trinajstić information content (AvgIpc) is 3.26. The molecule has 0 aliphatic carbocycles. The van der Waals surface area contributed by atoms with E-state index in [0.29, 0.717) is 22.8 Å². The van der Waals surface area contributed by atoms with Crippen LogP contribution >= 0.6 is 11.8 Å². The van der Waals surface area contributed by atoms with Gasteiger partial charge in [-0.2, -0.15) is 13.2 Å². The Bertz CT molecular complexity index is 1140. The van der Waals surface area contributed by atoms with E-state index in [1.807, 2.05) is 0 Å². The SMILES string of the molecule is Cc1occc1-c1nnc(SC(C)C(=O)Nc2ccc([N+](=O)[O-])cc2C(F)(F)F)n1C. The lowest BCUT2D eigenvalue weighted by molar-refractivity contribution is -0.385. The molecule has 0 spiro atoms. The molecule has 2 aromatic heterocycles. The average molecular weight is 455 g/mol. The number of non-ortho nitro benzene ring substituents is 1. The molecule has 0 aliphatic heterocycles. The van der Waals surface area contributed by atoms with Crippen molar-refractivity contribution < 1.29 is 27.3 Å². The first kappa shape index (κ1) is 22.3. The third kappa shape index (κ3) is 4.71. The number of aromatic nitrogens is 3. The molecule has 0 fully saturated rings. The summed E-state index contributed by atoms with van der Waals surface area (Å²) in [5.41, 5.74) is -1.87. The van der Waals surface area contributed by atoms with Gasteiger partial charge in [-0.05, 0) is 26.0 Å². The number of nitro benzene ring substituents is 1. The van der Waals surface area contributed by atoms with Gasteiger partial charge in [0, 0.05) is 19.2 Å². The molecular formula is C18H16F3N5O4S. The van der Waals surface area contributed by atoms with Crippen molar-refractivity contribution in [1.29, 1.82) is 0 Å². The number of rotatable bonds is 6. The summed E-state index contributed by atoms with van der Waals surface area (Å²) in [5, 5.41) is 20.6. The van der Waals surface area contributed by atoms with Gasteiger partial charge in [0.25, 0.3) is 5.69 Å². The Morgan fingerprint density at radius 3 is 2.61 bits per heavy atom. The summed E-state index contributed by atoms with van der Waals surface area (Å²) in [6.45, 7) is 3.26. The quantitative estimate of drug-likeness (QED) is 0.332. The lowest BCUT2D eigenvalue weighted by Crippen LogP contribution is -2.24. The Hall–Kier alpha value is -3.35. The molecule has 1 aromatic carbocycles. The van der Waals surface area contributed by atoms with E-state index < -0.39 is 39.2 Å². The number of carbonyl (C=O) groups is 1. The highest BCUT2D eigenvalue weighted by atomic mass is 32.2. The molecule has 3 aromatic rings. The first-order valence-electron chi connectivity index (χ1n) is 8.76. The molecule has 2 heterocycles. The van der Waals surface area contributed by atoms with E-state index in [0.717, 1.165) is 29.5 Å². The third-order valence-corrected chi connectivity index (χ3v) is 5.50. The van der Waals surface area contributed by atoms with Gasteiger partial charge in [0.2, 0.25) is 5.91 Å². The lowest BCUT2D eigenvalue weighted by Gasteiger charge is -2.16. The van der Waals surface area contributed by atoms with Crippen molar-refractivity contribution in [3.63, 3.8) is 0 Å². The van der Waals surface area contributed by atoms with Crippen molar-refractivity contribution in [2.75, 3.05) is 5.32 Å². The summed E-state index contributed by atoms with van der Waals surface area (Å²) in [6, 6.07) is 3.86. The predicted molar refractivity (Wildman–Crippen MR) is 105 cm³/mol. The summed E-state index contributed by atoms with van der Waals surface area (Å²) in [4.78, 5) is 22.4. The van der Waals surface area contributed by atoms with Crippen LogP contribution in [0.4, 0.5) is 24.5 Å². The fourth-order valence-electron chi connectivity index (χ4n) is 2.70. The maximum atomic E-state index is 13.3. The van der Waals surface area contributed by atoms with Gasteiger partial charge in [-0.15, -0.1) is 10.2 Å². The summed E-state index contributed by atoms with van der Waals surface area (Å²) in [6.07, 6.45) is -3.38. The first-order valence-corrected chi connectivity index (χ1v) is 9.64. The molecule has 1 atom stereocenters. The van der Waals surface area contributed by atoms with Crippen LogP contribution in [0.25, 0.3) is 11.4 Å². The molecule has 0 radical (unpaired) electrons. The number of furan rings is 1. The van der Waals surface area contributed by atoms with E-state index in [-0.39, 0.29) is 0 Å². The Morgan fingerprint density at radius 1 is 1.32 bits per heavy atom. The van der Waals surface area contributed by atoms with Crippen LogP contribution in [0, 0.1) is 17.0 Å². The monoisotopic (exact) mass is 455 g/mol. The van der Waals surface area contributed by atoms with Gasteiger partial charge < -0.3 is 14.3 Å². The molecule has 1 amide bonds. The topological polar surface area (TPSA) is 116 Å². The van der Waals surface area contributed by atoms with Crippen molar-refractivity contribution in [3.8, 4) is 11.4 Å². The van der Waals surface area contributed by atoms with Crippen LogP contribution in [0.3, 0.4) is 0 Å². The number of amides is 1. The molecule has 0 saturated heterocycles. The smallest absolute Gasteiger partial charge is 0.418 e. The number of nitro groups is 1. The van der Waals surface area contributed by atoms with Crippen LogP contribution in [0.2, 0.25) is 0 Å². The standard InChI is InChI=1S/C18H16F3N5O4S/c1-9-12(6-7-30-9)15-23-24-17(25(15)3)31-10(2)16(27)22-14-5-4-11(26(28)29)8-13(14)18(19,20)21/h4-8,10H,1-3H3,(H,22,27). The summed E-state index contributed by atoms with van der Waals surface area (Å²) >= 11 is 1.00. The van der Waals surface area contributed by atoms with Crippen LogP contribution in [-0.4, -0.2) is 30.8 Å². The molecule has 0 bridgehead atoms. The minimum Gasteiger partial charge on any atom is -0.469 e. The number of hydrogen-bond donors (Lipinski definition) is 1. The molecule has 31 heavy (non-hydrogen) atoms. The second-order valence-electron chi connectivity index (χ2n) is 6.49. The summed E-state index contributed by atoms with van der Waals surface area (Å²) < 4.78 is 46.8. The van der Waals surface area contributed by atoms with Crippen LogP contribution in [0.15, 0.2) is 40.1 Å². The predicted octanol–water partition coefficient (Wildman–Crippen LogP) is 4.43. The number of nitrogens with one attached hydrogen (secondary N) is 1. The first-order chi connectivity index (χ1) is 14.5. The second kappa shape index (κ2) is 8.41. The van der Waals surface area contributed by atoms with E-state index in [2.05, 4.69) is 15.5 Å². The number of alkyl halides is 3. The van der Waals surface area contributed by atoms with Crippen molar-refractivity contribution in [2.45, 2.75) is 30.4 Å². The van der Waals surface area contributed by atoms with Crippen LogP contribution in [-0.2, 0) is 18.0 Å². The normalized spacial score (nSPS) is 12.6. The van der Waals surface area contributed by atoms with Gasteiger partial charge in [-0.1, -0.05) is 11.8 Å². The Morgan fingerprint density at radius 2 is 2.03 bits per heavy atom. The lowest BCUT2D eigenvalue weighted by atomic mass is 10.1. The fraction of sp³-hybridized carbons (Fsp3) is 0.278. The zero-order chi connectivity index (χ0) is 22.9. The molecule has 1 unspecified atom stereocenters. The summed E-state index contributed by atoms with van der Waals surface area (Å²) in [5.74, 6) is 0.417. The maximum absolute atomic E-state index is 13.3. The largest absolute Gasteiger partial charge is 0.469 e. The van der Waals surface area contributed by atoms with Crippen molar-refractivity contribution in [1.82, 2.24) is 14.8 Å². The number of benzene rings is 1. The van der Waals surface area contributed by atoms with Gasteiger partial charge in [0.1, 0.15) is 5.76 Å². The highest BCUT2D eigenvalue weighted by Gasteiger charge is 2.36. The van der Waals surface area contributed by atoms with Crippen molar-refractivity contribution in [3.05, 3.63) is 52.0 Å². The highest BCUT2D eigenvalue weighted by molar-refractivity contribution is 8.00. The molecule has 13 heteroatoms. The zero-order valence-corrected chi connectivity index (χ0v) is 17.2. The summed E-state index contributed by atoms with van der Waals surface area (Å²) in [7, 11) is 1.69. The minimum absolute atomic E-state index is 0.373. The molecular weight excluding hydrogens is 439 g/mol. The molecule has 3 rings (SSSR count). The molecule has 0 saturated carbocycles. The van der Waals surface area contributed by atoms with Crippen LogP contribution < -0.4 is 5.32 Å². The Balaban J connectivity index is 1.79. The van der Waals surface area contributed by atoms with Gasteiger partial charge in [0.15, 0.2) is 11.0 Å². The number of anilines is 1. The Kier molecular flexibility index (Phi) is 6.06. The van der Waals surface area contributed by atoms with E-state index >= 15 is 0 Å². The van der Waals surface area contributed by atoms with Crippen LogP contribution in [0.5, 0.6) is 0 Å². The number of carbonyl (C=O) groups excluding carboxylic acids is 1. The van der Waals surface area contributed by atoms with Gasteiger partial charge in [-0.3, -0.25) is 14.9 Å². The van der Waals surface area contributed by atoms with E-state index in [1.54, 1.807) is 24.6 Å². The van der Waals surface area contributed by atoms with E-state index in [1.165, 1.54) is 13.2 Å². The second-order valence-corrected chi connectivity index (χ2v) is 7.80. The zero-order valence-electron chi connectivity index (χ0n) is 16.4. The van der Waals surface area contributed by atoms with E-state index in [9.17, 15) is 28.1 Å². The number of aryl methyl sites for hydroxylation is 1. The minimum atomic E-state index is -4.88. The number of thioether (sulfide) groups is 1. The number of hydrogen-bond acceptors (Lipinski definition) is 7. The fourth-order valence-corrected chi connectivity index (χ4v) is 3.52. The van der Waals surface area contributed by atoms with Crippen molar-refractivity contribution >= 4 is 29.0 Å². The van der Waals surface area contributed by atoms with E-state index in [4.69, 9.17) is 4.42 Å². The van der Waals surface area contributed by atoms with Gasteiger partial charge in [0.05, 0.1) is 33.3 Å². The molecule has 0 aliphatic rings. The molecule has 1 N–H and O–H groups in total.